The maximum atomic E-state index is 11.0. The lowest BCUT2D eigenvalue weighted by Gasteiger charge is -2.16. The van der Waals surface area contributed by atoms with Crippen LogP contribution in [0.1, 0.15) is 18.4 Å². The number of benzene rings is 1. The van der Waals surface area contributed by atoms with Crippen LogP contribution in [0.25, 0.3) is 0 Å². The summed E-state index contributed by atoms with van der Waals surface area (Å²) in [5, 5.41) is 9.42. The van der Waals surface area contributed by atoms with E-state index in [1.165, 1.54) is 0 Å². The number of rotatable bonds is 6. The highest BCUT2D eigenvalue weighted by Gasteiger charge is 2.19. The van der Waals surface area contributed by atoms with Gasteiger partial charge in [0.15, 0.2) is 6.10 Å². The van der Waals surface area contributed by atoms with E-state index in [4.69, 9.17) is 27.2 Å². The molecule has 0 saturated carbocycles. The number of aliphatic carboxylic acids is 1. The number of aryl methyl sites for hydroxylation is 1. The molecule has 1 aromatic rings. The molecule has 0 aliphatic carbocycles. The van der Waals surface area contributed by atoms with Crippen molar-refractivity contribution in [3.05, 3.63) is 28.8 Å². The van der Waals surface area contributed by atoms with Crippen molar-refractivity contribution < 1.29 is 14.6 Å². The maximum absolute atomic E-state index is 11.0. The zero-order chi connectivity index (χ0) is 12.8. The van der Waals surface area contributed by atoms with Crippen molar-refractivity contribution in [2.24, 2.45) is 5.73 Å². The first kappa shape index (κ1) is 13.8. The normalized spacial score (nSPS) is 12.2. The Kier molecular flexibility index (Phi) is 5.25. The minimum atomic E-state index is -1.00. The van der Waals surface area contributed by atoms with Crippen molar-refractivity contribution in [2.45, 2.75) is 25.9 Å². The second-order valence-corrected chi connectivity index (χ2v) is 4.22. The summed E-state index contributed by atoms with van der Waals surface area (Å²) in [6, 6.07) is 5.25. The minimum absolute atomic E-state index is 0.371. The molecule has 1 rings (SSSR count). The average molecular weight is 258 g/mol. The predicted molar refractivity (Wildman–Crippen MR) is 66.5 cm³/mol. The van der Waals surface area contributed by atoms with Crippen molar-refractivity contribution in [2.75, 3.05) is 6.54 Å². The monoisotopic (exact) mass is 257 g/mol. The third-order valence-electron chi connectivity index (χ3n) is 2.30. The largest absolute Gasteiger partial charge is 0.479 e. The van der Waals surface area contributed by atoms with Crippen LogP contribution in [-0.4, -0.2) is 23.7 Å². The zero-order valence-electron chi connectivity index (χ0n) is 9.65. The molecule has 0 amide bonds. The fourth-order valence-electron chi connectivity index (χ4n) is 1.39. The summed E-state index contributed by atoms with van der Waals surface area (Å²) in [5.41, 5.74) is 6.31. The second-order valence-electron chi connectivity index (χ2n) is 3.81. The van der Waals surface area contributed by atoms with E-state index in [1.54, 1.807) is 12.1 Å². The van der Waals surface area contributed by atoms with Gasteiger partial charge in [-0.05, 0) is 44.0 Å². The number of hydrogen-bond acceptors (Lipinski definition) is 3. The van der Waals surface area contributed by atoms with E-state index >= 15 is 0 Å². The molecule has 0 radical (unpaired) electrons. The van der Waals surface area contributed by atoms with Crippen LogP contribution in [-0.2, 0) is 4.79 Å². The molecule has 5 heteroatoms. The number of carboxylic acids is 1. The molecule has 4 nitrogen and oxygen atoms in total. The number of ether oxygens (including phenoxy) is 1. The minimum Gasteiger partial charge on any atom is -0.479 e. The molecule has 1 unspecified atom stereocenters. The van der Waals surface area contributed by atoms with E-state index in [9.17, 15) is 4.79 Å². The van der Waals surface area contributed by atoms with Gasteiger partial charge in [-0.3, -0.25) is 0 Å². The summed E-state index contributed by atoms with van der Waals surface area (Å²) < 4.78 is 5.40. The van der Waals surface area contributed by atoms with Gasteiger partial charge in [0.1, 0.15) is 5.75 Å². The van der Waals surface area contributed by atoms with Crippen LogP contribution in [0.4, 0.5) is 0 Å². The lowest BCUT2D eigenvalue weighted by molar-refractivity contribution is -0.145. The van der Waals surface area contributed by atoms with Crippen LogP contribution in [0.2, 0.25) is 5.02 Å². The lowest BCUT2D eigenvalue weighted by atomic mass is 10.2. The van der Waals surface area contributed by atoms with Crippen LogP contribution in [0.15, 0.2) is 18.2 Å². The predicted octanol–water partition coefficient (Wildman–Crippen LogP) is 2.22. The summed E-state index contributed by atoms with van der Waals surface area (Å²) >= 11 is 5.94. The molecule has 0 spiro atoms. The number of hydrogen-bond donors (Lipinski definition) is 2. The first-order valence-corrected chi connectivity index (χ1v) is 5.78. The summed E-state index contributed by atoms with van der Waals surface area (Å²) in [7, 11) is 0. The molecule has 1 aromatic carbocycles. The first-order valence-electron chi connectivity index (χ1n) is 5.40. The number of carboxylic acid groups (broad SMARTS) is 1. The van der Waals surface area contributed by atoms with Crippen LogP contribution in [0.5, 0.6) is 5.75 Å². The Labute approximate surface area is 105 Å². The van der Waals surface area contributed by atoms with Crippen LogP contribution in [0.3, 0.4) is 0 Å². The Morgan fingerprint density at radius 1 is 1.59 bits per heavy atom. The van der Waals surface area contributed by atoms with Gasteiger partial charge in [-0.25, -0.2) is 4.79 Å². The molecule has 1 atom stereocenters. The van der Waals surface area contributed by atoms with Gasteiger partial charge in [0.05, 0.1) is 5.02 Å². The quantitative estimate of drug-likeness (QED) is 0.820. The third-order valence-corrected chi connectivity index (χ3v) is 2.61. The van der Waals surface area contributed by atoms with Gasteiger partial charge in [-0.2, -0.15) is 0 Å². The second kappa shape index (κ2) is 6.47. The van der Waals surface area contributed by atoms with Crippen molar-refractivity contribution in [1.29, 1.82) is 0 Å². The Balaban J connectivity index is 2.78. The topological polar surface area (TPSA) is 72.5 Å². The molecular weight excluding hydrogens is 242 g/mol. The van der Waals surface area contributed by atoms with Gasteiger partial charge in [0.25, 0.3) is 0 Å². The smallest absolute Gasteiger partial charge is 0.344 e. The van der Waals surface area contributed by atoms with E-state index in [-0.39, 0.29) is 0 Å². The summed E-state index contributed by atoms with van der Waals surface area (Å²) in [4.78, 5) is 11.0. The van der Waals surface area contributed by atoms with Crippen LogP contribution < -0.4 is 10.5 Å². The number of carbonyl (C=O) groups is 1. The van der Waals surface area contributed by atoms with Crippen molar-refractivity contribution in [3.8, 4) is 5.75 Å². The maximum Gasteiger partial charge on any atom is 0.344 e. The van der Waals surface area contributed by atoms with Crippen LogP contribution in [0, 0.1) is 6.92 Å². The molecule has 17 heavy (non-hydrogen) atoms. The molecule has 0 saturated heterocycles. The molecule has 0 aliphatic heterocycles. The van der Waals surface area contributed by atoms with Gasteiger partial charge in [-0.15, -0.1) is 0 Å². The molecular formula is C12H16ClNO3. The van der Waals surface area contributed by atoms with Gasteiger partial charge in [-0.1, -0.05) is 17.7 Å². The average Bonchev–Trinajstić information content (AvgIpc) is 2.28. The SMILES string of the molecule is Cc1ccc(Cl)c(OC(CCCN)C(=O)O)c1. The van der Waals surface area contributed by atoms with Gasteiger partial charge in [0, 0.05) is 0 Å². The Hall–Kier alpha value is -1.26. The Morgan fingerprint density at radius 2 is 2.29 bits per heavy atom. The van der Waals surface area contributed by atoms with E-state index in [1.807, 2.05) is 13.0 Å². The molecule has 0 fully saturated rings. The summed E-state index contributed by atoms with van der Waals surface area (Å²) in [6.45, 7) is 2.33. The summed E-state index contributed by atoms with van der Waals surface area (Å²) in [6.07, 6.45) is 0.0640. The third kappa shape index (κ3) is 4.24. The van der Waals surface area contributed by atoms with E-state index in [0.717, 1.165) is 5.56 Å². The molecule has 0 heterocycles. The Bertz CT molecular complexity index is 395. The van der Waals surface area contributed by atoms with E-state index in [2.05, 4.69) is 0 Å². The van der Waals surface area contributed by atoms with Crippen LogP contribution >= 0.6 is 11.6 Å². The van der Waals surface area contributed by atoms with E-state index < -0.39 is 12.1 Å². The van der Waals surface area contributed by atoms with Gasteiger partial charge >= 0.3 is 5.97 Å². The zero-order valence-corrected chi connectivity index (χ0v) is 10.4. The number of nitrogens with two attached hydrogens (primary N) is 1. The fraction of sp³-hybridized carbons (Fsp3) is 0.417. The number of halogens is 1. The molecule has 3 N–H and O–H groups in total. The highest BCUT2D eigenvalue weighted by molar-refractivity contribution is 6.32. The first-order chi connectivity index (χ1) is 8.04. The Morgan fingerprint density at radius 3 is 2.88 bits per heavy atom. The molecule has 0 aromatic heterocycles. The van der Waals surface area contributed by atoms with E-state index in [0.29, 0.717) is 30.2 Å². The van der Waals surface area contributed by atoms with Crippen molar-refractivity contribution >= 4 is 17.6 Å². The summed E-state index contributed by atoms with van der Waals surface area (Å²) in [5.74, 6) is -0.605. The standard InChI is InChI=1S/C12H16ClNO3/c1-8-4-5-9(13)11(7-8)17-10(12(15)16)3-2-6-14/h4-5,7,10H,2-3,6,14H2,1H3,(H,15,16). The molecule has 0 aliphatic rings. The highest BCUT2D eigenvalue weighted by atomic mass is 35.5. The lowest BCUT2D eigenvalue weighted by Crippen LogP contribution is -2.27. The van der Waals surface area contributed by atoms with Crippen molar-refractivity contribution in [1.82, 2.24) is 0 Å². The molecule has 94 valence electrons. The molecule has 0 bridgehead atoms. The highest BCUT2D eigenvalue weighted by Crippen LogP contribution is 2.26. The van der Waals surface area contributed by atoms with Gasteiger partial charge < -0.3 is 15.6 Å². The fourth-order valence-corrected chi connectivity index (χ4v) is 1.55. The van der Waals surface area contributed by atoms with Crippen molar-refractivity contribution in [3.63, 3.8) is 0 Å². The van der Waals surface area contributed by atoms with Gasteiger partial charge in [0.2, 0.25) is 0 Å².